The van der Waals surface area contributed by atoms with Crippen LogP contribution in [-0.2, 0) is 12.6 Å². The summed E-state index contributed by atoms with van der Waals surface area (Å²) in [4.78, 5) is 0. The van der Waals surface area contributed by atoms with E-state index in [1.807, 2.05) is 0 Å². The SMILES string of the molecule is C[CH2][Hf]([CH3])([CH3])([CH3])([CH3])([CH3])([CH2]C)([CH2]C)[C]1=CC=CC1. The zero-order valence-electron chi connectivity index (χ0n) is 13.6. The molecule has 0 amide bonds. The van der Waals surface area contributed by atoms with Gasteiger partial charge < -0.3 is 0 Å². The third-order valence-electron chi connectivity index (χ3n) is 10.4. The van der Waals surface area contributed by atoms with E-state index in [0.29, 0.717) is 0 Å². The minimum absolute atomic E-state index is 1.15. The fourth-order valence-corrected chi connectivity index (χ4v) is 23.7. The normalized spacial score (nSPS) is 28.9. The van der Waals surface area contributed by atoms with Gasteiger partial charge in [-0.25, -0.2) is 0 Å². The second-order valence-corrected chi connectivity index (χ2v) is 117. The van der Waals surface area contributed by atoms with Crippen molar-refractivity contribution in [2.75, 3.05) is 0 Å². The molecule has 103 valence electrons. The maximum atomic E-state index is 2.69. The van der Waals surface area contributed by atoms with Gasteiger partial charge in [-0.3, -0.25) is 0 Å². The molecule has 0 fully saturated rings. The van der Waals surface area contributed by atoms with E-state index < -0.39 is 12.6 Å². The zero-order valence-corrected chi connectivity index (χ0v) is 17.2. The summed E-state index contributed by atoms with van der Waals surface area (Å²) in [7, 11) is 0. The molecule has 0 saturated heterocycles. The second-order valence-electron chi connectivity index (χ2n) is 15.2. The molecule has 0 nitrogen and oxygen atoms in total. The Labute approximate surface area is 96.8 Å². The van der Waals surface area contributed by atoms with Crippen molar-refractivity contribution >= 4 is 0 Å². The third-order valence-corrected chi connectivity index (χ3v) is 80.8. The minimum atomic E-state index is -4.72. The van der Waals surface area contributed by atoms with Crippen molar-refractivity contribution in [3.05, 3.63) is 21.6 Å². The Hall–Kier alpha value is 0.350. The van der Waals surface area contributed by atoms with E-state index in [0.717, 1.165) is 6.42 Å². The van der Waals surface area contributed by atoms with Crippen molar-refractivity contribution in [2.24, 2.45) is 0 Å². The van der Waals surface area contributed by atoms with Crippen LogP contribution in [0.1, 0.15) is 27.2 Å². The number of allylic oxidation sites excluding steroid dienone is 4. The topological polar surface area (TPSA) is 0 Å². The van der Waals surface area contributed by atoms with Crippen molar-refractivity contribution in [2.45, 2.75) is 63.1 Å². The molecule has 0 atom stereocenters. The monoisotopic (exact) mass is 407 g/mol. The molecule has 1 rings (SSSR count). The number of hydrogen-bond donors (Lipinski definition) is 0. The van der Waals surface area contributed by atoms with Gasteiger partial charge in [0.1, 0.15) is 0 Å². The van der Waals surface area contributed by atoms with Gasteiger partial charge in [0.25, 0.3) is 0 Å². The summed E-state index contributed by atoms with van der Waals surface area (Å²) in [5, 5.41) is 0. The van der Waals surface area contributed by atoms with Crippen molar-refractivity contribution < 1.29 is 12.6 Å². The molecule has 17 heavy (non-hydrogen) atoms. The van der Waals surface area contributed by atoms with E-state index in [-0.39, 0.29) is 0 Å². The average molecular weight is 406 g/mol. The molecule has 0 N–H and O–H groups in total. The Balaban J connectivity index is 4.16. The van der Waals surface area contributed by atoms with Crippen LogP contribution in [-0.4, -0.2) is 0 Å². The molecule has 1 aliphatic carbocycles. The van der Waals surface area contributed by atoms with Gasteiger partial charge in [-0.1, -0.05) is 0 Å². The van der Waals surface area contributed by atoms with E-state index in [4.69, 9.17) is 0 Å². The molecule has 1 heteroatoms. The first-order valence-electron chi connectivity index (χ1n) is 7.65. The van der Waals surface area contributed by atoms with E-state index in [2.05, 4.69) is 62.4 Å². The predicted octanol–water partition coefficient (Wildman–Crippen LogP) is 7.22. The molecule has 1 aliphatic rings. The molecular weight excluding hydrogens is 371 g/mol. The molecule has 0 unspecified atom stereocenters. The van der Waals surface area contributed by atoms with Crippen LogP contribution in [0, 0.1) is 0 Å². The molecule has 0 spiro atoms. The molecule has 0 aliphatic heterocycles. The second kappa shape index (κ2) is 1.79. The van der Waals surface area contributed by atoms with Gasteiger partial charge >= 0.3 is 97.3 Å². The summed E-state index contributed by atoms with van der Waals surface area (Å²) in [5.41, 5.74) is 0. The van der Waals surface area contributed by atoms with Crippen molar-refractivity contribution in [1.82, 2.24) is 0 Å². The van der Waals surface area contributed by atoms with Crippen LogP contribution in [0.5, 0.6) is 0 Å². The fraction of sp³-hybridized carbons (Fsp3) is 0.750. The van der Waals surface area contributed by atoms with E-state index in [1.54, 1.807) is 3.33 Å². The molecule has 0 aromatic heterocycles. The molecule has 0 bridgehead atoms. The van der Waals surface area contributed by atoms with Gasteiger partial charge in [-0.2, -0.15) is 0 Å². The Morgan fingerprint density at radius 1 is 0.882 bits per heavy atom. The van der Waals surface area contributed by atoms with E-state index in [1.165, 1.54) is 12.5 Å². The maximum absolute atomic E-state index is 4.72. The Morgan fingerprint density at radius 2 is 1.29 bits per heavy atom. The molecule has 0 saturated carbocycles. The molecule has 0 aromatic rings. The van der Waals surface area contributed by atoms with Crippen LogP contribution in [0.4, 0.5) is 0 Å². The molecular formula is C16H35Hf. The Morgan fingerprint density at radius 3 is 1.53 bits per heavy atom. The first-order valence-corrected chi connectivity index (χ1v) is 35.0. The van der Waals surface area contributed by atoms with E-state index >= 15 is 0 Å². The molecule has 0 aromatic carbocycles. The first-order chi connectivity index (χ1) is 7.00. The summed E-state index contributed by atoms with van der Waals surface area (Å²) in [6.07, 6.45) is 8.20. The van der Waals surface area contributed by atoms with Crippen LogP contribution < -0.4 is 0 Å². The van der Waals surface area contributed by atoms with Crippen LogP contribution in [0.2, 0.25) is 35.9 Å². The number of rotatable bonds is 4. The van der Waals surface area contributed by atoms with Crippen molar-refractivity contribution in [3.63, 3.8) is 0 Å². The van der Waals surface area contributed by atoms with Crippen molar-refractivity contribution in [3.8, 4) is 0 Å². The average Bonchev–Trinajstić information content (AvgIpc) is 2.75. The summed E-state index contributed by atoms with van der Waals surface area (Å²) in [6, 6.07) is 0. The number of hydrogen-bond acceptors (Lipinski definition) is 0. The van der Waals surface area contributed by atoms with Gasteiger partial charge in [0.15, 0.2) is 0 Å². The summed E-state index contributed by atoms with van der Waals surface area (Å²) in [6.45, 7) is 7.30. The zero-order chi connectivity index (χ0) is 13.9. The third kappa shape index (κ3) is 1.50. The van der Waals surface area contributed by atoms with Crippen LogP contribution >= 0.6 is 0 Å². The molecule has 0 radical (unpaired) electrons. The quantitative estimate of drug-likeness (QED) is 0.433. The van der Waals surface area contributed by atoms with Crippen LogP contribution in [0.25, 0.3) is 0 Å². The summed E-state index contributed by atoms with van der Waals surface area (Å²) >= 11 is -4.72. The van der Waals surface area contributed by atoms with Gasteiger partial charge in [-0.15, -0.1) is 0 Å². The summed E-state index contributed by atoms with van der Waals surface area (Å²) in [5.74, 6) is 0. The Bertz CT molecular complexity index is 485. The van der Waals surface area contributed by atoms with E-state index in [9.17, 15) is 0 Å². The first kappa shape index (κ1) is 15.4. The predicted molar refractivity (Wildman–Crippen MR) is 82.6 cm³/mol. The van der Waals surface area contributed by atoms with Crippen molar-refractivity contribution in [1.29, 1.82) is 0 Å². The molecule has 0 heterocycles. The summed E-state index contributed by atoms with van der Waals surface area (Å²) < 4.78 is 19.0. The van der Waals surface area contributed by atoms with Gasteiger partial charge in [0, 0.05) is 0 Å². The van der Waals surface area contributed by atoms with Gasteiger partial charge in [0.05, 0.1) is 0 Å². The fourth-order valence-electron chi connectivity index (χ4n) is 3.20. The van der Waals surface area contributed by atoms with Crippen LogP contribution in [0.15, 0.2) is 21.6 Å². The Kier molecular flexibility index (Phi) is 1.63. The van der Waals surface area contributed by atoms with Gasteiger partial charge in [-0.05, 0) is 0 Å². The standard InChI is InChI=1S/C5H5.3C2H5.5CH3.Hf/c1-2-4-5-3-1;3*1-2;;;;;;/h1-3H,4H2;3*1H2,2H3;5*1H3;. The van der Waals surface area contributed by atoms with Crippen LogP contribution in [0.3, 0.4) is 0 Å². The van der Waals surface area contributed by atoms with Gasteiger partial charge in [0.2, 0.25) is 0 Å².